The lowest BCUT2D eigenvalue weighted by atomic mass is 9.89. The zero-order valence-corrected chi connectivity index (χ0v) is 32.4. The van der Waals surface area contributed by atoms with E-state index in [0.29, 0.717) is 35.6 Å². The molecule has 1 heterocycles. The summed E-state index contributed by atoms with van der Waals surface area (Å²) >= 11 is 0. The molecule has 300 valence electrons. The third kappa shape index (κ3) is 13.5. The van der Waals surface area contributed by atoms with Crippen LogP contribution in [0.2, 0.25) is 0 Å². The van der Waals surface area contributed by atoms with Crippen molar-refractivity contribution in [3.63, 3.8) is 0 Å². The fourth-order valence-electron chi connectivity index (χ4n) is 6.77. The van der Waals surface area contributed by atoms with Gasteiger partial charge in [0.1, 0.15) is 30.7 Å². The number of nitrogens with one attached hydrogen (secondary N) is 5. The predicted octanol–water partition coefficient (Wildman–Crippen LogP) is 2.39. The van der Waals surface area contributed by atoms with Crippen LogP contribution in [0.1, 0.15) is 99.8 Å². The van der Waals surface area contributed by atoms with Crippen molar-refractivity contribution in [2.24, 2.45) is 5.73 Å². The molecule has 1 saturated carbocycles. The van der Waals surface area contributed by atoms with Crippen molar-refractivity contribution < 1.29 is 33.5 Å². The van der Waals surface area contributed by atoms with E-state index in [1.54, 1.807) is 6.07 Å². The Morgan fingerprint density at radius 1 is 0.964 bits per heavy atom. The summed E-state index contributed by atoms with van der Waals surface area (Å²) in [5, 5.41) is 13.8. The Labute approximate surface area is 324 Å². The second-order valence-electron chi connectivity index (χ2n) is 14.3. The molecule has 5 amide bonds. The number of rotatable bonds is 21. The molecule has 14 nitrogen and oxygen atoms in total. The van der Waals surface area contributed by atoms with Crippen molar-refractivity contribution >= 4 is 35.8 Å². The zero-order valence-electron chi connectivity index (χ0n) is 32.4. The van der Waals surface area contributed by atoms with Crippen molar-refractivity contribution in [3.8, 4) is 16.9 Å². The monoisotopic (exact) mass is 761 g/mol. The van der Waals surface area contributed by atoms with Gasteiger partial charge in [0.25, 0.3) is 0 Å². The largest absolute Gasteiger partial charge is 0.492 e. The van der Waals surface area contributed by atoms with Gasteiger partial charge in [0.05, 0.1) is 19.6 Å². The van der Waals surface area contributed by atoms with Gasteiger partial charge in [-0.1, -0.05) is 63.6 Å². The number of hydrogen-bond donors (Lipinski definition) is 6. The third-order valence-electron chi connectivity index (χ3n) is 9.95. The third-order valence-corrected chi connectivity index (χ3v) is 9.95. The molecular weight excluding hydrogens is 702 g/mol. The number of nitrogens with zero attached hydrogens (tertiary/aromatic N) is 1. The first-order chi connectivity index (χ1) is 26.7. The van der Waals surface area contributed by atoms with Gasteiger partial charge in [-0.3, -0.25) is 24.0 Å². The van der Waals surface area contributed by atoms with Crippen LogP contribution in [0.5, 0.6) is 5.75 Å². The maximum atomic E-state index is 14.0. The summed E-state index contributed by atoms with van der Waals surface area (Å²) in [6.07, 6.45) is 11.3. The SMILES string of the molecule is CCCCCCCCCNCCC(=O)NCC(=O)N(C)C1C(=O)NCC(=O)NC(C(=O)NCC=O)Cc2ccc(OCCN)c(c2)-c2cc1ccc2C1CC1. The van der Waals surface area contributed by atoms with E-state index in [2.05, 4.69) is 33.5 Å². The second-order valence-corrected chi connectivity index (χ2v) is 14.3. The van der Waals surface area contributed by atoms with E-state index in [1.165, 1.54) is 44.1 Å². The summed E-state index contributed by atoms with van der Waals surface area (Å²) in [6, 6.07) is 8.96. The van der Waals surface area contributed by atoms with E-state index in [-0.39, 0.29) is 45.0 Å². The fraction of sp³-hybridized carbons (Fsp3) is 0.561. The van der Waals surface area contributed by atoms with Gasteiger partial charge in [-0.15, -0.1) is 0 Å². The number of nitrogens with two attached hydrogens (primary N) is 1. The lowest BCUT2D eigenvalue weighted by molar-refractivity contribution is -0.140. The molecule has 2 aromatic rings. The van der Waals surface area contributed by atoms with Crippen molar-refractivity contribution in [1.29, 1.82) is 0 Å². The van der Waals surface area contributed by atoms with Gasteiger partial charge in [0, 0.05) is 38.5 Å². The lowest BCUT2D eigenvalue weighted by Gasteiger charge is -2.29. The molecule has 0 spiro atoms. The highest BCUT2D eigenvalue weighted by Crippen LogP contribution is 2.47. The van der Waals surface area contributed by atoms with Crippen LogP contribution < -0.4 is 37.1 Å². The first-order valence-electron chi connectivity index (χ1n) is 19.8. The van der Waals surface area contributed by atoms with E-state index in [1.807, 2.05) is 30.3 Å². The maximum Gasteiger partial charge on any atom is 0.247 e. The Morgan fingerprint density at radius 3 is 2.45 bits per heavy atom. The number of unbranched alkanes of at least 4 members (excludes halogenated alkanes) is 6. The van der Waals surface area contributed by atoms with E-state index < -0.39 is 42.3 Å². The number of likely N-dealkylation sites (N-methyl/N-ethyl adjacent to an activating group) is 1. The molecule has 4 rings (SSSR count). The van der Waals surface area contributed by atoms with E-state index >= 15 is 0 Å². The van der Waals surface area contributed by atoms with E-state index in [0.717, 1.165) is 48.9 Å². The fourth-order valence-corrected chi connectivity index (χ4v) is 6.77. The summed E-state index contributed by atoms with van der Waals surface area (Å²) < 4.78 is 6.09. The number of carbonyl (C=O) groups excluding carboxylic acids is 6. The van der Waals surface area contributed by atoms with Crippen LogP contribution in [0.25, 0.3) is 11.1 Å². The Balaban J connectivity index is 1.55. The van der Waals surface area contributed by atoms with Crippen LogP contribution in [-0.4, -0.2) is 99.7 Å². The Morgan fingerprint density at radius 2 is 1.73 bits per heavy atom. The number of amides is 5. The standard InChI is InChI=1S/C41H59N7O7/c1-3-4-5-6-7-8-9-18-43-19-16-36(50)45-27-38(52)48(2)39-30-13-14-31(29-11-12-29)32(25-30)33-23-28(10-15-35(33)55-22-17-42)24-34(40(53)44-20-21-49)47-37(51)26-46-41(39)54/h10,13-15,21,23,25,29,34,39,43H,3-9,11-12,16-20,22,24,26-27,42H2,1-2H3,(H,44,53)(H,45,50)(H,46,54)(H,47,51). The summed E-state index contributed by atoms with van der Waals surface area (Å²) in [5.74, 6) is -1.75. The molecule has 2 unspecified atom stereocenters. The van der Waals surface area contributed by atoms with Crippen molar-refractivity contribution in [3.05, 3.63) is 53.1 Å². The Bertz CT molecular complexity index is 1630. The minimum atomic E-state index is -1.17. The van der Waals surface area contributed by atoms with Gasteiger partial charge in [-0.2, -0.15) is 0 Å². The predicted molar refractivity (Wildman–Crippen MR) is 210 cm³/mol. The molecular formula is C41H59N7O7. The van der Waals surface area contributed by atoms with Crippen molar-refractivity contribution in [2.75, 3.05) is 52.9 Å². The summed E-state index contributed by atoms with van der Waals surface area (Å²) in [7, 11) is 1.49. The molecule has 0 saturated heterocycles. The highest BCUT2D eigenvalue weighted by Gasteiger charge is 2.33. The number of benzene rings is 2. The van der Waals surface area contributed by atoms with Gasteiger partial charge >= 0.3 is 0 Å². The molecule has 14 heteroatoms. The van der Waals surface area contributed by atoms with Gasteiger partial charge in [-0.25, -0.2) is 0 Å². The average molecular weight is 762 g/mol. The van der Waals surface area contributed by atoms with Crippen molar-refractivity contribution in [1.82, 2.24) is 31.5 Å². The minimum absolute atomic E-state index is 0.105. The van der Waals surface area contributed by atoms with Gasteiger partial charge in [0.2, 0.25) is 29.5 Å². The molecule has 0 aromatic heterocycles. The highest BCUT2D eigenvalue weighted by atomic mass is 16.5. The number of ether oxygens (including phenoxy) is 1. The number of aldehydes is 1. The van der Waals surface area contributed by atoms with Crippen LogP contribution in [0.3, 0.4) is 0 Å². The summed E-state index contributed by atoms with van der Waals surface area (Å²) in [5.41, 5.74) is 9.61. The molecule has 0 radical (unpaired) electrons. The van der Waals surface area contributed by atoms with Crippen LogP contribution >= 0.6 is 0 Å². The molecule has 7 N–H and O–H groups in total. The molecule has 2 aromatic carbocycles. The van der Waals surface area contributed by atoms with Gasteiger partial charge in [-0.05, 0) is 72.2 Å². The Kier molecular flexibility index (Phi) is 17.6. The topological polar surface area (TPSA) is 201 Å². The normalized spacial score (nSPS) is 16.9. The van der Waals surface area contributed by atoms with Crippen LogP contribution in [0.15, 0.2) is 36.4 Å². The van der Waals surface area contributed by atoms with Gasteiger partial charge in [0.15, 0.2) is 0 Å². The first kappa shape index (κ1) is 42.9. The van der Waals surface area contributed by atoms with E-state index in [9.17, 15) is 28.8 Å². The smallest absolute Gasteiger partial charge is 0.247 e. The molecule has 1 aliphatic carbocycles. The highest BCUT2D eigenvalue weighted by molar-refractivity contribution is 5.94. The summed E-state index contributed by atoms with van der Waals surface area (Å²) in [4.78, 5) is 78.8. The quantitative estimate of drug-likeness (QED) is 0.0817. The molecule has 2 atom stereocenters. The van der Waals surface area contributed by atoms with Crippen LogP contribution in [0.4, 0.5) is 0 Å². The average Bonchev–Trinajstić information content (AvgIpc) is 4.03. The summed E-state index contributed by atoms with van der Waals surface area (Å²) in [6.45, 7) is 3.05. The molecule has 4 bridgehead atoms. The number of carbonyl (C=O) groups is 6. The van der Waals surface area contributed by atoms with E-state index in [4.69, 9.17) is 10.5 Å². The Hall–Kier alpha value is -4.82. The maximum absolute atomic E-state index is 14.0. The molecule has 55 heavy (non-hydrogen) atoms. The van der Waals surface area contributed by atoms with Crippen LogP contribution in [-0.2, 0) is 35.2 Å². The zero-order chi connectivity index (χ0) is 39.6. The minimum Gasteiger partial charge on any atom is -0.492 e. The number of fused-ring (bicyclic) bond motifs is 5. The molecule has 1 aliphatic heterocycles. The van der Waals surface area contributed by atoms with Crippen LogP contribution in [0, 0.1) is 0 Å². The van der Waals surface area contributed by atoms with Gasteiger partial charge < -0.3 is 46.7 Å². The molecule has 2 aliphatic rings. The second kappa shape index (κ2) is 22.5. The number of hydrogen-bond acceptors (Lipinski definition) is 9. The lowest BCUT2D eigenvalue weighted by Crippen LogP contribution is -2.52. The van der Waals surface area contributed by atoms with Crippen molar-refractivity contribution in [2.45, 2.75) is 95.6 Å². The molecule has 1 fully saturated rings. The first-order valence-corrected chi connectivity index (χ1v) is 19.8.